The van der Waals surface area contributed by atoms with E-state index in [4.69, 9.17) is 11.6 Å². The highest BCUT2D eigenvalue weighted by Gasteiger charge is 2.07. The fraction of sp³-hybridized carbons (Fsp3) is 0.167. The van der Waals surface area contributed by atoms with Crippen molar-refractivity contribution in [3.63, 3.8) is 0 Å². The molecular formula is C12H11BrClN3. The number of hydrogen-bond acceptors (Lipinski definition) is 3. The van der Waals surface area contributed by atoms with Crippen LogP contribution in [-0.2, 0) is 0 Å². The topological polar surface area (TPSA) is 37.8 Å². The Morgan fingerprint density at radius 3 is 2.65 bits per heavy atom. The largest absolute Gasteiger partial charge is 0.339 e. The number of aryl methyl sites for hydroxylation is 2. The minimum atomic E-state index is 0.395. The standard InChI is InChI=1S/C12H11BrClN3/c1-7-3-4-9(5-8(7)2)17-12-10(13)11(14)15-6-16-12/h3-6H,1-2H3,(H,15,16,17). The van der Waals surface area contributed by atoms with E-state index in [0.29, 0.717) is 15.4 Å². The van der Waals surface area contributed by atoms with E-state index >= 15 is 0 Å². The van der Waals surface area contributed by atoms with Crippen LogP contribution in [0.1, 0.15) is 11.1 Å². The van der Waals surface area contributed by atoms with Crippen LogP contribution in [0.2, 0.25) is 5.15 Å². The van der Waals surface area contributed by atoms with Crippen LogP contribution in [0.15, 0.2) is 29.0 Å². The molecule has 0 spiro atoms. The van der Waals surface area contributed by atoms with E-state index in [2.05, 4.69) is 57.2 Å². The minimum Gasteiger partial charge on any atom is -0.339 e. The lowest BCUT2D eigenvalue weighted by molar-refractivity contribution is 1.15. The van der Waals surface area contributed by atoms with E-state index in [-0.39, 0.29) is 0 Å². The summed E-state index contributed by atoms with van der Waals surface area (Å²) in [6, 6.07) is 6.14. The van der Waals surface area contributed by atoms with Gasteiger partial charge in [-0.05, 0) is 53.0 Å². The number of halogens is 2. The van der Waals surface area contributed by atoms with Crippen molar-refractivity contribution >= 4 is 39.0 Å². The van der Waals surface area contributed by atoms with Gasteiger partial charge in [-0.25, -0.2) is 9.97 Å². The van der Waals surface area contributed by atoms with Crippen LogP contribution in [0, 0.1) is 13.8 Å². The van der Waals surface area contributed by atoms with Crippen molar-refractivity contribution in [3.05, 3.63) is 45.3 Å². The molecule has 1 heterocycles. The van der Waals surface area contributed by atoms with Crippen molar-refractivity contribution in [2.45, 2.75) is 13.8 Å². The number of anilines is 2. The first-order chi connectivity index (χ1) is 8.08. The van der Waals surface area contributed by atoms with Gasteiger partial charge in [-0.15, -0.1) is 0 Å². The van der Waals surface area contributed by atoms with E-state index < -0.39 is 0 Å². The zero-order chi connectivity index (χ0) is 12.4. The Balaban J connectivity index is 2.31. The van der Waals surface area contributed by atoms with Crippen LogP contribution in [-0.4, -0.2) is 9.97 Å². The molecule has 0 unspecified atom stereocenters. The Hall–Kier alpha value is -1.13. The van der Waals surface area contributed by atoms with Crippen molar-refractivity contribution in [1.82, 2.24) is 9.97 Å². The van der Waals surface area contributed by atoms with Crippen LogP contribution in [0.3, 0.4) is 0 Å². The summed E-state index contributed by atoms with van der Waals surface area (Å²) < 4.78 is 0.667. The van der Waals surface area contributed by atoms with Crippen molar-refractivity contribution in [3.8, 4) is 0 Å². The molecule has 0 fully saturated rings. The first kappa shape index (κ1) is 12.3. The van der Waals surface area contributed by atoms with E-state index in [0.717, 1.165) is 5.69 Å². The van der Waals surface area contributed by atoms with Crippen LogP contribution in [0.4, 0.5) is 11.5 Å². The third-order valence-electron chi connectivity index (χ3n) is 2.52. The van der Waals surface area contributed by atoms with E-state index in [9.17, 15) is 0 Å². The molecule has 0 aliphatic carbocycles. The highest BCUT2D eigenvalue weighted by molar-refractivity contribution is 9.10. The average Bonchev–Trinajstić information content (AvgIpc) is 2.30. The van der Waals surface area contributed by atoms with Gasteiger partial charge < -0.3 is 5.32 Å². The van der Waals surface area contributed by atoms with Gasteiger partial charge in [0.25, 0.3) is 0 Å². The molecule has 0 atom stereocenters. The normalized spacial score (nSPS) is 10.4. The molecule has 0 bridgehead atoms. The quantitative estimate of drug-likeness (QED) is 0.842. The molecule has 0 aliphatic rings. The van der Waals surface area contributed by atoms with Crippen molar-refractivity contribution < 1.29 is 0 Å². The van der Waals surface area contributed by atoms with Crippen molar-refractivity contribution in [1.29, 1.82) is 0 Å². The molecule has 3 nitrogen and oxygen atoms in total. The number of nitrogens with one attached hydrogen (secondary N) is 1. The smallest absolute Gasteiger partial charge is 0.149 e. The molecule has 2 aromatic rings. The predicted octanol–water partition coefficient (Wildman–Crippen LogP) is 4.25. The molecule has 0 aliphatic heterocycles. The second kappa shape index (κ2) is 5.02. The van der Waals surface area contributed by atoms with Crippen LogP contribution in [0.5, 0.6) is 0 Å². The predicted molar refractivity (Wildman–Crippen MR) is 73.9 cm³/mol. The lowest BCUT2D eigenvalue weighted by Gasteiger charge is -2.09. The zero-order valence-corrected chi connectivity index (χ0v) is 11.8. The van der Waals surface area contributed by atoms with Crippen molar-refractivity contribution in [2.24, 2.45) is 0 Å². The Labute approximate surface area is 113 Å². The Bertz CT molecular complexity index is 557. The van der Waals surface area contributed by atoms with Gasteiger partial charge in [0.1, 0.15) is 17.3 Å². The molecule has 2 rings (SSSR count). The molecule has 1 N–H and O–H groups in total. The number of rotatable bonds is 2. The van der Waals surface area contributed by atoms with Gasteiger partial charge in [0.2, 0.25) is 0 Å². The lowest BCUT2D eigenvalue weighted by Crippen LogP contribution is -1.97. The molecular weight excluding hydrogens is 302 g/mol. The fourth-order valence-corrected chi connectivity index (χ4v) is 1.83. The maximum absolute atomic E-state index is 5.90. The molecule has 0 radical (unpaired) electrons. The van der Waals surface area contributed by atoms with Gasteiger partial charge in [-0.2, -0.15) is 0 Å². The summed E-state index contributed by atoms with van der Waals surface area (Å²) in [4.78, 5) is 8.01. The molecule has 0 saturated carbocycles. The summed E-state index contributed by atoms with van der Waals surface area (Å²) in [5.74, 6) is 0.660. The summed E-state index contributed by atoms with van der Waals surface area (Å²) in [5, 5.41) is 3.59. The molecule has 0 saturated heterocycles. The first-order valence-corrected chi connectivity index (χ1v) is 6.25. The Kier molecular flexibility index (Phi) is 3.64. The number of benzene rings is 1. The lowest BCUT2D eigenvalue weighted by atomic mass is 10.1. The van der Waals surface area contributed by atoms with E-state index in [1.807, 2.05) is 6.07 Å². The highest BCUT2D eigenvalue weighted by atomic mass is 79.9. The zero-order valence-electron chi connectivity index (χ0n) is 9.46. The monoisotopic (exact) mass is 311 g/mol. The molecule has 0 amide bonds. The van der Waals surface area contributed by atoms with Crippen LogP contribution < -0.4 is 5.32 Å². The third-order valence-corrected chi connectivity index (χ3v) is 3.78. The van der Waals surface area contributed by atoms with Crippen molar-refractivity contribution in [2.75, 3.05) is 5.32 Å². The van der Waals surface area contributed by atoms with E-state index in [1.165, 1.54) is 17.5 Å². The molecule has 1 aromatic heterocycles. The maximum Gasteiger partial charge on any atom is 0.149 e. The molecule has 88 valence electrons. The van der Waals surface area contributed by atoms with Gasteiger partial charge in [0.15, 0.2) is 0 Å². The molecule has 5 heteroatoms. The Morgan fingerprint density at radius 1 is 1.18 bits per heavy atom. The summed E-state index contributed by atoms with van der Waals surface area (Å²) in [6.45, 7) is 4.15. The second-order valence-electron chi connectivity index (χ2n) is 3.75. The van der Waals surface area contributed by atoms with Gasteiger partial charge in [-0.1, -0.05) is 17.7 Å². The van der Waals surface area contributed by atoms with Gasteiger partial charge in [0.05, 0.1) is 4.47 Å². The molecule has 1 aromatic carbocycles. The third kappa shape index (κ3) is 2.76. The molecule has 17 heavy (non-hydrogen) atoms. The van der Waals surface area contributed by atoms with Gasteiger partial charge in [-0.3, -0.25) is 0 Å². The maximum atomic E-state index is 5.90. The minimum absolute atomic E-state index is 0.395. The first-order valence-electron chi connectivity index (χ1n) is 5.08. The number of nitrogens with zero attached hydrogens (tertiary/aromatic N) is 2. The van der Waals surface area contributed by atoms with Gasteiger partial charge >= 0.3 is 0 Å². The van der Waals surface area contributed by atoms with Crippen LogP contribution in [0.25, 0.3) is 0 Å². The number of aromatic nitrogens is 2. The van der Waals surface area contributed by atoms with Crippen LogP contribution >= 0.6 is 27.5 Å². The summed E-state index contributed by atoms with van der Waals surface area (Å²) in [6.07, 6.45) is 1.43. The van der Waals surface area contributed by atoms with Gasteiger partial charge in [0, 0.05) is 5.69 Å². The fourth-order valence-electron chi connectivity index (χ4n) is 1.39. The number of hydrogen-bond donors (Lipinski definition) is 1. The Morgan fingerprint density at radius 2 is 1.94 bits per heavy atom. The second-order valence-corrected chi connectivity index (χ2v) is 4.90. The highest BCUT2D eigenvalue weighted by Crippen LogP contribution is 2.28. The SMILES string of the molecule is Cc1ccc(Nc2ncnc(Cl)c2Br)cc1C. The summed E-state index contributed by atoms with van der Waals surface area (Å²) in [7, 11) is 0. The summed E-state index contributed by atoms with van der Waals surface area (Å²) >= 11 is 9.25. The average molecular weight is 313 g/mol. The summed E-state index contributed by atoms with van der Waals surface area (Å²) in [5.41, 5.74) is 3.46. The van der Waals surface area contributed by atoms with E-state index in [1.54, 1.807) is 0 Å².